The molecule has 2 aromatic carbocycles. The van der Waals surface area contributed by atoms with E-state index in [0.29, 0.717) is 11.3 Å². The van der Waals surface area contributed by atoms with Gasteiger partial charge in [0.1, 0.15) is 5.70 Å². The quantitative estimate of drug-likeness (QED) is 0.453. The first-order chi connectivity index (χ1) is 13.4. The molecule has 144 valence electrons. The fourth-order valence-electron chi connectivity index (χ4n) is 2.50. The van der Waals surface area contributed by atoms with E-state index in [4.69, 9.17) is 27.9 Å². The number of rotatable bonds is 5. The number of urea groups is 1. The van der Waals surface area contributed by atoms with Crippen LogP contribution >= 0.6 is 23.2 Å². The number of nitrogens with zero attached hydrogens (tertiary/aromatic N) is 1. The lowest BCUT2D eigenvalue weighted by Gasteiger charge is -2.11. The molecule has 1 saturated heterocycles. The van der Waals surface area contributed by atoms with E-state index in [0.717, 1.165) is 4.90 Å². The van der Waals surface area contributed by atoms with Gasteiger partial charge in [-0.15, -0.1) is 0 Å². The molecule has 7 nitrogen and oxygen atoms in total. The third kappa shape index (κ3) is 4.11. The number of carbonyl (C=O) groups excluding carboxylic acids is 3. The van der Waals surface area contributed by atoms with Gasteiger partial charge < -0.3 is 14.8 Å². The van der Waals surface area contributed by atoms with E-state index in [1.54, 1.807) is 30.3 Å². The van der Waals surface area contributed by atoms with Crippen LogP contribution in [-0.4, -0.2) is 31.6 Å². The number of imide groups is 1. The van der Waals surface area contributed by atoms with Gasteiger partial charge in [-0.25, -0.2) is 14.5 Å². The van der Waals surface area contributed by atoms with Crippen LogP contribution in [0.2, 0.25) is 10.0 Å². The number of nitrogens with one attached hydrogen (secondary N) is 1. The van der Waals surface area contributed by atoms with E-state index < -0.39 is 17.9 Å². The molecule has 0 saturated carbocycles. The molecule has 1 aliphatic rings. The first kappa shape index (κ1) is 19.7. The van der Waals surface area contributed by atoms with E-state index in [-0.39, 0.29) is 28.1 Å². The summed E-state index contributed by atoms with van der Waals surface area (Å²) in [6.07, 6.45) is 1.45. The molecule has 0 bridgehead atoms. The van der Waals surface area contributed by atoms with Gasteiger partial charge in [-0.1, -0.05) is 41.4 Å². The zero-order valence-corrected chi connectivity index (χ0v) is 16.1. The Morgan fingerprint density at radius 3 is 2.39 bits per heavy atom. The van der Waals surface area contributed by atoms with Crippen LogP contribution in [-0.2, 0) is 14.3 Å². The number of hydrogen-bond acceptors (Lipinski definition) is 5. The third-order valence-corrected chi connectivity index (χ3v) is 4.35. The van der Waals surface area contributed by atoms with Crippen molar-refractivity contribution in [2.75, 3.05) is 18.6 Å². The predicted octanol–water partition coefficient (Wildman–Crippen LogP) is 3.64. The second kappa shape index (κ2) is 8.33. The van der Waals surface area contributed by atoms with Crippen molar-refractivity contribution in [3.63, 3.8) is 0 Å². The molecule has 0 radical (unpaired) electrons. The molecule has 0 atom stereocenters. The smallest absolute Gasteiger partial charge is 0.343 e. The van der Waals surface area contributed by atoms with Gasteiger partial charge in [-0.2, -0.15) is 0 Å². The van der Waals surface area contributed by atoms with Gasteiger partial charge in [0.25, 0.3) is 5.91 Å². The van der Waals surface area contributed by atoms with Gasteiger partial charge in [-0.3, -0.25) is 4.79 Å². The van der Waals surface area contributed by atoms with Crippen molar-refractivity contribution >= 4 is 52.9 Å². The van der Waals surface area contributed by atoms with Crippen molar-refractivity contribution in [1.29, 1.82) is 0 Å². The molecular weight excluding hydrogens is 407 g/mol. The van der Waals surface area contributed by atoms with Gasteiger partial charge in [0.2, 0.25) is 0 Å². The number of ether oxygens (including phenoxy) is 2. The number of halogens is 2. The molecule has 3 amide bonds. The number of benzene rings is 2. The summed E-state index contributed by atoms with van der Waals surface area (Å²) in [6, 6.07) is 11.0. The van der Waals surface area contributed by atoms with Gasteiger partial charge in [0, 0.05) is 0 Å². The lowest BCUT2D eigenvalue weighted by molar-refractivity contribution is -0.142. The normalized spacial score (nSPS) is 15.0. The van der Waals surface area contributed by atoms with Crippen LogP contribution in [0.4, 0.5) is 10.5 Å². The Morgan fingerprint density at radius 1 is 1.14 bits per heavy atom. The van der Waals surface area contributed by atoms with E-state index in [2.05, 4.69) is 10.1 Å². The van der Waals surface area contributed by atoms with Gasteiger partial charge in [0.05, 0.1) is 22.8 Å². The standard InChI is InChI=1S/C19H14Cl2N2O5/c1-27-16(24)10-28-17-13(20)7-11(8-14(17)21)9-15-18(25)23(19(26)22-15)12-5-3-2-4-6-12/h2-9H,10H2,1H3,(H,22,26). The summed E-state index contributed by atoms with van der Waals surface area (Å²) in [7, 11) is 1.23. The summed E-state index contributed by atoms with van der Waals surface area (Å²) in [4.78, 5) is 37.0. The molecule has 1 N–H and O–H groups in total. The molecule has 0 spiro atoms. The molecule has 0 unspecified atom stereocenters. The number of esters is 1. The molecule has 28 heavy (non-hydrogen) atoms. The van der Waals surface area contributed by atoms with E-state index in [1.807, 2.05) is 0 Å². The van der Waals surface area contributed by atoms with Crippen molar-refractivity contribution in [2.24, 2.45) is 0 Å². The largest absolute Gasteiger partial charge is 0.479 e. The Bertz CT molecular complexity index is 953. The molecule has 1 heterocycles. The first-order valence-corrected chi connectivity index (χ1v) is 8.77. The SMILES string of the molecule is COC(=O)COc1c(Cl)cc(C=C2NC(=O)N(c3ccccc3)C2=O)cc1Cl. The molecule has 1 aliphatic heterocycles. The minimum Gasteiger partial charge on any atom is -0.479 e. The molecular formula is C19H14Cl2N2O5. The molecule has 1 fully saturated rings. The Balaban J connectivity index is 1.85. The number of amides is 3. The maximum absolute atomic E-state index is 12.6. The molecule has 0 aliphatic carbocycles. The van der Waals surface area contributed by atoms with Crippen molar-refractivity contribution in [3.05, 3.63) is 63.8 Å². The van der Waals surface area contributed by atoms with Crippen molar-refractivity contribution in [2.45, 2.75) is 0 Å². The number of carbonyl (C=O) groups is 3. The highest BCUT2D eigenvalue weighted by Crippen LogP contribution is 2.35. The van der Waals surface area contributed by atoms with Crippen LogP contribution in [0.1, 0.15) is 5.56 Å². The van der Waals surface area contributed by atoms with Crippen LogP contribution in [0.15, 0.2) is 48.2 Å². The number of hydrogen-bond donors (Lipinski definition) is 1. The second-order valence-corrected chi connectivity index (χ2v) is 6.46. The molecule has 0 aromatic heterocycles. The Morgan fingerprint density at radius 2 is 1.79 bits per heavy atom. The zero-order valence-electron chi connectivity index (χ0n) is 14.6. The second-order valence-electron chi connectivity index (χ2n) is 5.64. The maximum Gasteiger partial charge on any atom is 0.343 e. The highest BCUT2D eigenvalue weighted by atomic mass is 35.5. The monoisotopic (exact) mass is 420 g/mol. The van der Waals surface area contributed by atoms with Crippen molar-refractivity contribution < 1.29 is 23.9 Å². The number of para-hydroxylation sites is 1. The number of anilines is 1. The van der Waals surface area contributed by atoms with E-state index in [9.17, 15) is 14.4 Å². The fraction of sp³-hybridized carbons (Fsp3) is 0.105. The van der Waals surface area contributed by atoms with Crippen LogP contribution < -0.4 is 15.0 Å². The van der Waals surface area contributed by atoms with Crippen LogP contribution in [0.25, 0.3) is 6.08 Å². The minimum absolute atomic E-state index is 0.0733. The average Bonchev–Trinajstić information content (AvgIpc) is 2.94. The van der Waals surface area contributed by atoms with E-state index in [1.165, 1.54) is 25.3 Å². The van der Waals surface area contributed by atoms with Crippen molar-refractivity contribution in [3.8, 4) is 5.75 Å². The highest BCUT2D eigenvalue weighted by molar-refractivity contribution is 6.37. The Labute approximate surface area is 170 Å². The Hall–Kier alpha value is -3.03. The van der Waals surface area contributed by atoms with Crippen LogP contribution in [0, 0.1) is 0 Å². The van der Waals surface area contributed by atoms with Crippen LogP contribution in [0.5, 0.6) is 5.75 Å². The van der Waals surface area contributed by atoms with Crippen LogP contribution in [0.3, 0.4) is 0 Å². The summed E-state index contributed by atoms with van der Waals surface area (Å²) < 4.78 is 9.74. The predicted molar refractivity (Wildman–Crippen MR) is 104 cm³/mol. The summed E-state index contributed by atoms with van der Waals surface area (Å²) in [5, 5.41) is 2.80. The van der Waals surface area contributed by atoms with Gasteiger partial charge in [0.15, 0.2) is 12.4 Å². The average molecular weight is 421 g/mol. The lowest BCUT2D eigenvalue weighted by Crippen LogP contribution is -2.30. The third-order valence-electron chi connectivity index (χ3n) is 3.79. The summed E-state index contributed by atoms with van der Waals surface area (Å²) in [5.74, 6) is -0.975. The summed E-state index contributed by atoms with van der Waals surface area (Å²) in [5.41, 5.74) is 0.999. The van der Waals surface area contributed by atoms with Crippen molar-refractivity contribution in [1.82, 2.24) is 5.32 Å². The lowest BCUT2D eigenvalue weighted by atomic mass is 10.1. The molecule has 9 heteroatoms. The summed E-state index contributed by atoms with van der Waals surface area (Å²) >= 11 is 12.3. The fourth-order valence-corrected chi connectivity index (χ4v) is 3.12. The van der Waals surface area contributed by atoms with Gasteiger partial charge >= 0.3 is 12.0 Å². The van der Waals surface area contributed by atoms with Gasteiger partial charge in [-0.05, 0) is 35.9 Å². The Kier molecular flexibility index (Phi) is 5.87. The maximum atomic E-state index is 12.6. The minimum atomic E-state index is -0.585. The number of methoxy groups -OCH3 is 1. The zero-order chi connectivity index (χ0) is 20.3. The van der Waals surface area contributed by atoms with E-state index >= 15 is 0 Å². The summed E-state index contributed by atoms with van der Waals surface area (Å²) in [6.45, 7) is -0.350. The highest BCUT2D eigenvalue weighted by Gasteiger charge is 2.34. The molecule has 2 aromatic rings. The topological polar surface area (TPSA) is 84.9 Å². The first-order valence-electron chi connectivity index (χ1n) is 8.01. The molecule has 3 rings (SSSR count).